The molecule has 1 amide bonds. The van der Waals surface area contributed by atoms with Crippen LogP contribution in [0.15, 0.2) is 78.2 Å². The fourth-order valence-electron chi connectivity index (χ4n) is 3.04. The first kappa shape index (κ1) is 18.3. The van der Waals surface area contributed by atoms with Gasteiger partial charge < -0.3 is 9.88 Å². The van der Waals surface area contributed by atoms with Crippen LogP contribution in [-0.4, -0.2) is 32.8 Å². The van der Waals surface area contributed by atoms with Gasteiger partial charge in [-0.25, -0.2) is 4.98 Å². The lowest BCUT2D eigenvalue weighted by Crippen LogP contribution is -2.27. The van der Waals surface area contributed by atoms with E-state index in [2.05, 4.69) is 15.0 Å². The van der Waals surface area contributed by atoms with Crippen molar-refractivity contribution in [1.29, 1.82) is 0 Å². The monoisotopic (exact) mass is 388 g/mol. The van der Waals surface area contributed by atoms with Crippen LogP contribution in [0.2, 0.25) is 0 Å². The number of fused-ring (bicyclic) bond motifs is 1. The molecular weight excluding hydrogens is 368 g/mol. The number of thioether (sulfide) groups is 1. The molecule has 2 heterocycles. The first-order valence-electron chi connectivity index (χ1n) is 9.00. The first-order chi connectivity index (χ1) is 13.7. The number of aromatic nitrogens is 3. The minimum Gasteiger partial charge on any atom is -0.337 e. The third-order valence-corrected chi connectivity index (χ3v) is 5.39. The van der Waals surface area contributed by atoms with Gasteiger partial charge in [0.15, 0.2) is 5.16 Å². The number of hydrogen-bond acceptors (Lipinski definition) is 4. The summed E-state index contributed by atoms with van der Waals surface area (Å²) >= 11 is 1.60. The molecule has 5 nitrogen and oxygen atoms in total. The molecular formula is C22H20N4OS. The third-order valence-electron chi connectivity index (χ3n) is 4.47. The van der Waals surface area contributed by atoms with E-state index in [-0.39, 0.29) is 5.91 Å². The van der Waals surface area contributed by atoms with E-state index in [1.54, 1.807) is 29.1 Å². The van der Waals surface area contributed by atoms with E-state index in [1.807, 2.05) is 67.7 Å². The van der Waals surface area contributed by atoms with Crippen LogP contribution in [0, 0.1) is 0 Å². The van der Waals surface area contributed by atoms with Crippen LogP contribution in [0.1, 0.15) is 21.5 Å². The van der Waals surface area contributed by atoms with Crippen LogP contribution in [0.25, 0.3) is 11.0 Å². The average molecular weight is 388 g/mol. The Morgan fingerprint density at radius 1 is 1.07 bits per heavy atom. The third kappa shape index (κ3) is 4.07. The number of amides is 1. The van der Waals surface area contributed by atoms with Gasteiger partial charge in [-0.2, -0.15) is 0 Å². The van der Waals surface area contributed by atoms with E-state index in [4.69, 9.17) is 0 Å². The van der Waals surface area contributed by atoms with E-state index < -0.39 is 0 Å². The Balaban J connectivity index is 1.48. The number of carbonyl (C=O) groups excluding carboxylic acids is 1. The summed E-state index contributed by atoms with van der Waals surface area (Å²) in [5.41, 5.74) is 4.69. The molecule has 0 aliphatic heterocycles. The van der Waals surface area contributed by atoms with Crippen molar-refractivity contribution in [2.45, 2.75) is 17.5 Å². The zero-order valence-electron chi connectivity index (χ0n) is 15.5. The predicted octanol–water partition coefficient (Wildman–Crippen LogP) is 4.52. The molecule has 0 atom stereocenters. The number of rotatable bonds is 6. The first-order valence-corrected chi connectivity index (χ1v) is 9.99. The Morgan fingerprint density at radius 2 is 1.89 bits per heavy atom. The number of pyridine rings is 1. The van der Waals surface area contributed by atoms with Crippen molar-refractivity contribution >= 4 is 28.7 Å². The molecule has 4 rings (SSSR count). The summed E-state index contributed by atoms with van der Waals surface area (Å²) in [5, 5.41) is 0.854. The van der Waals surface area contributed by atoms with Crippen molar-refractivity contribution in [2.24, 2.45) is 0 Å². The smallest absolute Gasteiger partial charge is 0.254 e. The second-order valence-corrected chi connectivity index (χ2v) is 7.49. The van der Waals surface area contributed by atoms with Crippen LogP contribution >= 0.6 is 11.8 Å². The summed E-state index contributed by atoms with van der Waals surface area (Å²) in [6.45, 7) is 0.526. The Kier molecular flexibility index (Phi) is 5.39. The van der Waals surface area contributed by atoms with Crippen molar-refractivity contribution in [3.8, 4) is 0 Å². The van der Waals surface area contributed by atoms with Gasteiger partial charge in [-0.3, -0.25) is 9.78 Å². The zero-order chi connectivity index (χ0) is 19.3. The molecule has 0 radical (unpaired) electrons. The summed E-state index contributed by atoms with van der Waals surface area (Å²) in [4.78, 5) is 26.8. The van der Waals surface area contributed by atoms with Crippen molar-refractivity contribution < 1.29 is 4.79 Å². The highest BCUT2D eigenvalue weighted by Gasteiger charge is 2.16. The molecule has 28 heavy (non-hydrogen) atoms. The van der Waals surface area contributed by atoms with Gasteiger partial charge in [0.25, 0.3) is 5.91 Å². The van der Waals surface area contributed by atoms with Gasteiger partial charge in [0.2, 0.25) is 0 Å². The quantitative estimate of drug-likeness (QED) is 0.493. The normalized spacial score (nSPS) is 10.9. The second-order valence-electron chi connectivity index (χ2n) is 6.53. The van der Waals surface area contributed by atoms with E-state index in [1.165, 1.54) is 0 Å². The van der Waals surface area contributed by atoms with Crippen LogP contribution < -0.4 is 0 Å². The molecule has 2 aromatic heterocycles. The summed E-state index contributed by atoms with van der Waals surface area (Å²) in [5.74, 6) is 0.673. The molecule has 0 unspecified atom stereocenters. The maximum absolute atomic E-state index is 13.0. The van der Waals surface area contributed by atoms with Crippen LogP contribution in [0.4, 0.5) is 0 Å². The number of H-pyrrole nitrogens is 1. The largest absolute Gasteiger partial charge is 0.337 e. The lowest BCUT2D eigenvalue weighted by Gasteiger charge is -2.19. The molecule has 0 bridgehead atoms. The molecule has 1 N–H and O–H groups in total. The van der Waals surface area contributed by atoms with Gasteiger partial charge in [0, 0.05) is 37.3 Å². The molecule has 140 valence electrons. The number of nitrogens with one attached hydrogen (secondary N) is 1. The summed E-state index contributed by atoms with van der Waals surface area (Å²) < 4.78 is 0. The van der Waals surface area contributed by atoms with Gasteiger partial charge >= 0.3 is 0 Å². The number of benzene rings is 2. The number of hydrogen-bond donors (Lipinski definition) is 1. The number of nitrogens with zero attached hydrogens (tertiary/aromatic N) is 3. The average Bonchev–Trinajstić information content (AvgIpc) is 3.15. The van der Waals surface area contributed by atoms with Crippen molar-refractivity contribution in [1.82, 2.24) is 19.9 Å². The number of para-hydroxylation sites is 2. The topological polar surface area (TPSA) is 61.9 Å². The Morgan fingerprint density at radius 3 is 2.71 bits per heavy atom. The molecule has 0 saturated heterocycles. The maximum atomic E-state index is 13.0. The maximum Gasteiger partial charge on any atom is 0.254 e. The molecule has 0 spiro atoms. The second kappa shape index (κ2) is 8.27. The number of imidazole rings is 1. The molecule has 2 aromatic carbocycles. The standard InChI is InChI=1S/C22H20N4OS/c1-26(14-16-7-6-12-23-13-16)21(27)18-9-3-2-8-17(18)15-28-22-24-19-10-4-5-11-20(19)25-22/h2-13H,14-15H2,1H3,(H,24,25). The van der Waals surface area contributed by atoms with Crippen molar-refractivity contribution in [3.05, 3.63) is 89.7 Å². The van der Waals surface area contributed by atoms with Crippen LogP contribution in [0.5, 0.6) is 0 Å². The van der Waals surface area contributed by atoms with Crippen molar-refractivity contribution in [2.75, 3.05) is 7.05 Å². The molecule has 6 heteroatoms. The summed E-state index contributed by atoms with van der Waals surface area (Å²) in [7, 11) is 1.82. The Hall–Kier alpha value is -3.12. The van der Waals surface area contributed by atoms with Gasteiger partial charge in [0.1, 0.15) is 0 Å². The van der Waals surface area contributed by atoms with E-state index >= 15 is 0 Å². The Labute approximate surface area is 167 Å². The van der Waals surface area contributed by atoms with Crippen LogP contribution in [0.3, 0.4) is 0 Å². The van der Waals surface area contributed by atoms with Crippen molar-refractivity contribution in [3.63, 3.8) is 0 Å². The van der Waals surface area contributed by atoms with Gasteiger partial charge in [-0.05, 0) is 35.4 Å². The van der Waals surface area contributed by atoms with E-state index in [0.717, 1.165) is 32.9 Å². The van der Waals surface area contributed by atoms with E-state index in [0.29, 0.717) is 12.3 Å². The van der Waals surface area contributed by atoms with Crippen LogP contribution in [-0.2, 0) is 12.3 Å². The van der Waals surface area contributed by atoms with E-state index in [9.17, 15) is 4.79 Å². The van der Waals surface area contributed by atoms with Gasteiger partial charge in [-0.15, -0.1) is 0 Å². The Bertz CT molecular complexity index is 1060. The lowest BCUT2D eigenvalue weighted by molar-refractivity contribution is 0.0784. The zero-order valence-corrected chi connectivity index (χ0v) is 16.3. The SMILES string of the molecule is CN(Cc1cccnc1)C(=O)c1ccccc1CSc1nc2ccccc2[nH]1. The predicted molar refractivity (Wildman–Crippen MR) is 112 cm³/mol. The summed E-state index contributed by atoms with van der Waals surface area (Å²) in [6.07, 6.45) is 3.52. The fraction of sp³-hybridized carbons (Fsp3) is 0.136. The highest BCUT2D eigenvalue weighted by Crippen LogP contribution is 2.25. The van der Waals surface area contributed by atoms with Gasteiger partial charge in [0.05, 0.1) is 11.0 Å². The highest BCUT2D eigenvalue weighted by molar-refractivity contribution is 7.98. The molecule has 0 fully saturated rings. The molecule has 0 aliphatic carbocycles. The van der Waals surface area contributed by atoms with Gasteiger partial charge in [-0.1, -0.05) is 48.2 Å². The minimum absolute atomic E-state index is 0.00431. The summed E-state index contributed by atoms with van der Waals surface area (Å²) in [6, 6.07) is 19.6. The molecule has 0 aliphatic rings. The highest BCUT2D eigenvalue weighted by atomic mass is 32.2. The molecule has 0 saturated carbocycles. The minimum atomic E-state index is 0.00431. The molecule has 4 aromatic rings. The fourth-order valence-corrected chi connectivity index (χ4v) is 3.93. The number of aromatic amines is 1. The number of carbonyl (C=O) groups is 1. The lowest BCUT2D eigenvalue weighted by atomic mass is 10.1.